The summed E-state index contributed by atoms with van der Waals surface area (Å²) in [5.74, 6) is 0.532. The van der Waals surface area contributed by atoms with Crippen molar-refractivity contribution in [2.75, 3.05) is 27.4 Å². The van der Waals surface area contributed by atoms with Crippen molar-refractivity contribution in [1.29, 1.82) is 0 Å². The van der Waals surface area contributed by atoms with Crippen LogP contribution in [0.2, 0.25) is 0 Å². The average molecular weight is 879 g/mol. The molecule has 326 valence electrons. The van der Waals surface area contributed by atoms with Gasteiger partial charge in [0.25, 0.3) is 5.91 Å². The van der Waals surface area contributed by atoms with Crippen LogP contribution in [0.25, 0.3) is 0 Å². The lowest BCUT2D eigenvalue weighted by atomic mass is 10.1. The van der Waals surface area contributed by atoms with Crippen molar-refractivity contribution in [2.45, 2.75) is 85.5 Å². The maximum Gasteiger partial charge on any atom is 0.338 e. The number of ether oxygens (including phenoxy) is 4. The summed E-state index contributed by atoms with van der Waals surface area (Å²) in [5, 5.41) is 1.40. The lowest BCUT2D eigenvalue weighted by molar-refractivity contribution is -0.270. The third-order valence-electron chi connectivity index (χ3n) is 10.1. The van der Waals surface area contributed by atoms with E-state index in [2.05, 4.69) is 29.7 Å². The zero-order valence-corrected chi connectivity index (χ0v) is 36.8. The number of carbonyl (C=O) groups is 3. The molecule has 2 unspecified atom stereocenters. The van der Waals surface area contributed by atoms with E-state index in [1.165, 1.54) is 19.3 Å². The first-order valence-electron chi connectivity index (χ1n) is 20.8. The molecule has 1 amide bonds. The zero-order valence-electron chi connectivity index (χ0n) is 35.2. The van der Waals surface area contributed by atoms with E-state index in [0.717, 1.165) is 77.2 Å². The number of benzene rings is 5. The molecule has 62 heavy (non-hydrogen) atoms. The van der Waals surface area contributed by atoms with Crippen LogP contribution in [0, 0.1) is 0 Å². The summed E-state index contributed by atoms with van der Waals surface area (Å²) < 4.78 is 21.0. The van der Waals surface area contributed by atoms with Crippen LogP contribution in [0.1, 0.15) is 91.9 Å². The van der Waals surface area contributed by atoms with E-state index in [9.17, 15) is 14.4 Å². The molecule has 0 aliphatic carbocycles. The van der Waals surface area contributed by atoms with E-state index >= 15 is 0 Å². The summed E-state index contributed by atoms with van der Waals surface area (Å²) in [6.07, 6.45) is 5.44. The summed E-state index contributed by atoms with van der Waals surface area (Å²) >= 11 is 3.33. The van der Waals surface area contributed by atoms with E-state index in [0.29, 0.717) is 47.9 Å². The molecule has 1 N–H and O–H groups in total. The molecule has 0 bridgehead atoms. The van der Waals surface area contributed by atoms with Crippen LogP contribution in [0.4, 0.5) is 0 Å². The summed E-state index contributed by atoms with van der Waals surface area (Å²) in [4.78, 5) is 50.8. The number of hydrogen-bond donors (Lipinski definition) is 1. The van der Waals surface area contributed by atoms with Crippen molar-refractivity contribution >= 4 is 41.4 Å². The minimum absolute atomic E-state index is 0.136. The van der Waals surface area contributed by atoms with Gasteiger partial charge in [-0.3, -0.25) is 9.63 Å². The molecule has 13 heteroatoms. The predicted octanol–water partition coefficient (Wildman–Crippen LogP) is 10.2. The fraction of sp³-hybridized carbons (Fsp3) is 0.327. The molecule has 2 fully saturated rings. The molecular formula is C49H54N2O9S2. The largest absolute Gasteiger partial charge is 0.465 e. The maximum atomic E-state index is 13.2. The first-order chi connectivity index (χ1) is 30.4. The van der Waals surface area contributed by atoms with Crippen LogP contribution in [0.15, 0.2) is 137 Å². The predicted molar refractivity (Wildman–Crippen MR) is 240 cm³/mol. The topological polar surface area (TPSA) is 122 Å². The Bertz CT molecular complexity index is 2140. The summed E-state index contributed by atoms with van der Waals surface area (Å²) in [6.45, 7) is 2.36. The van der Waals surface area contributed by atoms with Gasteiger partial charge in [-0.2, -0.15) is 5.48 Å². The molecule has 2 heterocycles. The molecular weight excluding hydrogens is 825 g/mol. The van der Waals surface area contributed by atoms with Gasteiger partial charge in [0.15, 0.2) is 12.6 Å². The smallest absolute Gasteiger partial charge is 0.338 e. The molecule has 2 aliphatic rings. The summed E-state index contributed by atoms with van der Waals surface area (Å²) in [6, 6.07) is 40.5. The fourth-order valence-electron chi connectivity index (χ4n) is 6.63. The number of thioether (sulfide) groups is 2. The van der Waals surface area contributed by atoms with E-state index in [4.69, 9.17) is 28.6 Å². The third kappa shape index (κ3) is 14.6. The van der Waals surface area contributed by atoms with Crippen molar-refractivity contribution in [1.82, 2.24) is 10.5 Å². The van der Waals surface area contributed by atoms with Crippen LogP contribution >= 0.6 is 23.5 Å². The number of amides is 1. The van der Waals surface area contributed by atoms with Gasteiger partial charge >= 0.3 is 11.9 Å². The molecule has 2 aliphatic heterocycles. The number of nitrogens with zero attached hydrogens (tertiary/aromatic N) is 1. The number of hydroxylamine groups is 3. The second-order valence-corrected chi connectivity index (χ2v) is 16.6. The van der Waals surface area contributed by atoms with Crippen LogP contribution < -0.4 is 5.48 Å². The van der Waals surface area contributed by atoms with Crippen molar-refractivity contribution < 1.29 is 43.0 Å². The van der Waals surface area contributed by atoms with Gasteiger partial charge in [0.05, 0.1) is 31.9 Å². The summed E-state index contributed by atoms with van der Waals surface area (Å²) in [5.41, 5.74) is 8.75. The minimum Gasteiger partial charge on any atom is -0.465 e. The number of carbonyl (C=O) groups excluding carboxylic acids is 3. The lowest BCUT2D eigenvalue weighted by Gasteiger charge is -2.29. The molecule has 2 atom stereocenters. The Labute approximate surface area is 372 Å². The quantitative estimate of drug-likeness (QED) is 0.0544. The Morgan fingerprint density at radius 3 is 1.63 bits per heavy atom. The van der Waals surface area contributed by atoms with Crippen molar-refractivity contribution in [3.05, 3.63) is 166 Å². The van der Waals surface area contributed by atoms with Crippen molar-refractivity contribution in [3.63, 3.8) is 0 Å². The third-order valence-corrected chi connectivity index (χ3v) is 12.2. The SMILES string of the molecule is COC(=O)c1ccccc1CSc1ccc(CN(OC2CCCCO2)C(=O)c2ccccc2)cc1.COC(=O)c1ccccc1CSc1ccc(CNOC2CCCCO2)cc1. The van der Waals surface area contributed by atoms with E-state index in [1.807, 2.05) is 78.9 Å². The van der Waals surface area contributed by atoms with Gasteiger partial charge in [-0.15, -0.1) is 23.5 Å². The standard InChI is InChI=1S/C28H29NO5S.C21H25NO4S/c1-32-28(31)25-12-6-5-11-23(25)20-35-24-16-14-21(15-17-24)19-29(34-26-13-7-8-18-33-26)27(30)22-9-3-2-4-10-22;1-24-21(23)19-7-3-2-6-17(19)15-27-18-11-9-16(10-12-18)14-22-26-20-8-4-5-13-25-20/h2-6,9-12,14-17,26H,7-8,13,18-20H2,1H3;2-3,6-7,9-12,20,22H,4-5,8,13-15H2,1H3. The zero-order chi connectivity index (χ0) is 43.4. The normalized spacial score (nSPS) is 16.0. The molecule has 5 aromatic rings. The monoisotopic (exact) mass is 878 g/mol. The molecule has 5 aromatic carbocycles. The number of esters is 2. The van der Waals surface area contributed by atoms with Gasteiger partial charge in [-0.25, -0.2) is 19.5 Å². The number of nitrogens with one attached hydrogen (secondary N) is 1. The molecule has 0 aromatic heterocycles. The Kier molecular flexibility index (Phi) is 18.9. The second-order valence-electron chi connectivity index (χ2n) is 14.5. The van der Waals surface area contributed by atoms with E-state index in [1.54, 1.807) is 47.8 Å². The van der Waals surface area contributed by atoms with Gasteiger partial charge in [-0.05, 0) is 96.5 Å². The fourth-order valence-corrected chi connectivity index (χ4v) is 8.44. The average Bonchev–Trinajstić information content (AvgIpc) is 3.34. The highest BCUT2D eigenvalue weighted by Gasteiger charge is 2.24. The Morgan fingerprint density at radius 2 is 1.11 bits per heavy atom. The maximum absolute atomic E-state index is 13.2. The molecule has 2 saturated heterocycles. The van der Waals surface area contributed by atoms with Gasteiger partial charge in [0.1, 0.15) is 0 Å². The highest BCUT2D eigenvalue weighted by atomic mass is 32.2. The number of hydrogen-bond acceptors (Lipinski definition) is 12. The van der Waals surface area contributed by atoms with Crippen LogP contribution in [0.3, 0.4) is 0 Å². The molecule has 0 saturated carbocycles. The van der Waals surface area contributed by atoms with E-state index in [-0.39, 0.29) is 24.1 Å². The lowest BCUT2D eigenvalue weighted by Crippen LogP contribution is -2.37. The molecule has 11 nitrogen and oxygen atoms in total. The Morgan fingerprint density at radius 1 is 0.613 bits per heavy atom. The minimum atomic E-state index is -0.416. The first-order valence-corrected chi connectivity index (χ1v) is 22.8. The summed E-state index contributed by atoms with van der Waals surface area (Å²) in [7, 11) is 2.80. The van der Waals surface area contributed by atoms with Crippen molar-refractivity contribution in [3.8, 4) is 0 Å². The number of methoxy groups -OCH3 is 2. The van der Waals surface area contributed by atoms with Crippen molar-refractivity contribution in [2.24, 2.45) is 0 Å². The van der Waals surface area contributed by atoms with Crippen LogP contribution in [0.5, 0.6) is 0 Å². The molecule has 0 spiro atoms. The first kappa shape index (κ1) is 46.5. The van der Waals surface area contributed by atoms with Gasteiger partial charge in [0.2, 0.25) is 0 Å². The van der Waals surface area contributed by atoms with Crippen LogP contribution in [-0.2, 0) is 53.2 Å². The molecule has 7 rings (SSSR count). The van der Waals surface area contributed by atoms with Gasteiger partial charge < -0.3 is 18.9 Å². The number of rotatable bonds is 17. The van der Waals surface area contributed by atoms with Gasteiger partial charge in [0, 0.05) is 59.5 Å². The van der Waals surface area contributed by atoms with E-state index < -0.39 is 6.29 Å². The Balaban J connectivity index is 0.000000214. The highest BCUT2D eigenvalue weighted by molar-refractivity contribution is 7.98. The second kappa shape index (κ2) is 25.2. The highest BCUT2D eigenvalue weighted by Crippen LogP contribution is 2.28. The Hall–Kier alpha value is -4.99. The molecule has 0 radical (unpaired) electrons. The van der Waals surface area contributed by atoms with Gasteiger partial charge in [-0.1, -0.05) is 78.9 Å². The van der Waals surface area contributed by atoms with Crippen LogP contribution in [-0.4, -0.2) is 62.9 Å².